The Morgan fingerprint density at radius 3 is 2.71 bits per heavy atom. The van der Waals surface area contributed by atoms with Gasteiger partial charge in [0.15, 0.2) is 10.8 Å². The molecule has 0 fully saturated rings. The quantitative estimate of drug-likeness (QED) is 0.455. The number of anilines is 1. The highest BCUT2D eigenvalue weighted by Crippen LogP contribution is 2.23. The van der Waals surface area contributed by atoms with E-state index in [0.29, 0.717) is 10.7 Å². The van der Waals surface area contributed by atoms with E-state index in [1.807, 2.05) is 30.7 Å². The molecule has 1 aromatic carbocycles. The monoisotopic (exact) mass is 455 g/mol. The van der Waals surface area contributed by atoms with Gasteiger partial charge in [-0.25, -0.2) is 14.6 Å². The van der Waals surface area contributed by atoms with E-state index in [-0.39, 0.29) is 11.9 Å². The van der Waals surface area contributed by atoms with Crippen LogP contribution in [-0.4, -0.2) is 25.7 Å². The van der Waals surface area contributed by atoms with Crippen LogP contribution in [0.5, 0.6) is 0 Å². The third kappa shape index (κ3) is 3.98. The second-order valence-electron chi connectivity index (χ2n) is 6.71. The number of carbonyl (C=O) groups is 1. The first-order chi connectivity index (χ1) is 13.5. The molecule has 28 heavy (non-hydrogen) atoms. The molecule has 1 N–H and O–H groups in total. The van der Waals surface area contributed by atoms with Gasteiger partial charge in [-0.1, -0.05) is 28.1 Å². The minimum atomic E-state index is -0.226. The largest absolute Gasteiger partial charge is 0.298 e. The number of nitrogens with zero attached hydrogens (tertiary/aromatic N) is 4. The van der Waals surface area contributed by atoms with Crippen molar-refractivity contribution in [3.8, 4) is 0 Å². The van der Waals surface area contributed by atoms with Crippen LogP contribution in [0, 0.1) is 0 Å². The molecule has 0 saturated carbocycles. The lowest BCUT2D eigenvalue weighted by molar-refractivity contribution is 0.102. The average Bonchev–Trinajstić information content (AvgIpc) is 3.29. The fourth-order valence-corrected chi connectivity index (χ4v) is 3.97. The number of carbonyl (C=O) groups excluding carboxylic acids is 1. The van der Waals surface area contributed by atoms with Crippen molar-refractivity contribution in [1.82, 2.24) is 19.7 Å². The maximum Gasteiger partial charge on any atom is 0.259 e. The third-order valence-electron chi connectivity index (χ3n) is 4.25. The van der Waals surface area contributed by atoms with Crippen molar-refractivity contribution in [2.75, 3.05) is 5.32 Å². The number of halogens is 1. The Balaban J connectivity index is 1.47. The highest BCUT2D eigenvalue weighted by Gasteiger charge is 2.13. The summed E-state index contributed by atoms with van der Waals surface area (Å²) < 4.78 is 2.89. The molecule has 6 nitrogen and oxygen atoms in total. The molecule has 8 heteroatoms. The van der Waals surface area contributed by atoms with Gasteiger partial charge < -0.3 is 0 Å². The Hall–Kier alpha value is -2.58. The number of pyridine rings is 1. The summed E-state index contributed by atoms with van der Waals surface area (Å²) in [6.45, 7) is 4.09. The Bertz CT molecular complexity index is 1130. The van der Waals surface area contributed by atoms with Gasteiger partial charge in [-0.15, -0.1) is 11.3 Å². The lowest BCUT2D eigenvalue weighted by Crippen LogP contribution is -2.12. The summed E-state index contributed by atoms with van der Waals surface area (Å²) in [5, 5.41) is 8.62. The van der Waals surface area contributed by atoms with Crippen LogP contribution in [0.1, 0.15) is 40.7 Å². The number of benzene rings is 1. The van der Waals surface area contributed by atoms with E-state index in [1.54, 1.807) is 24.7 Å². The number of nitrogens with one attached hydrogen (secondary N) is 1. The summed E-state index contributed by atoms with van der Waals surface area (Å²) in [7, 11) is 0. The van der Waals surface area contributed by atoms with Crippen LogP contribution in [0.4, 0.5) is 5.13 Å². The molecule has 0 unspecified atom stereocenters. The van der Waals surface area contributed by atoms with Crippen molar-refractivity contribution in [1.29, 1.82) is 0 Å². The molecular weight excluding hydrogens is 438 g/mol. The standard InChI is InChI=1S/C20H18BrN5OS/c1-12(2)26-18-14(10-24-26)8-15(9-22-18)19(27)25-20-23-11-17(28-20)7-13-3-5-16(21)6-4-13/h3-6,8-12H,7H2,1-2H3,(H,23,25,27). The highest BCUT2D eigenvalue weighted by molar-refractivity contribution is 9.10. The molecule has 0 aliphatic carbocycles. The van der Waals surface area contributed by atoms with E-state index in [9.17, 15) is 4.79 Å². The Labute approximate surface area is 174 Å². The molecule has 1 amide bonds. The molecule has 0 aliphatic heterocycles. The van der Waals surface area contributed by atoms with Gasteiger partial charge in [0.1, 0.15) is 0 Å². The van der Waals surface area contributed by atoms with Gasteiger partial charge in [-0.3, -0.25) is 10.1 Å². The van der Waals surface area contributed by atoms with Gasteiger partial charge in [0, 0.05) is 39.6 Å². The molecule has 4 rings (SSSR count). The fraction of sp³-hybridized carbons (Fsp3) is 0.200. The van der Waals surface area contributed by atoms with E-state index in [1.165, 1.54) is 16.9 Å². The lowest BCUT2D eigenvalue weighted by atomic mass is 10.1. The van der Waals surface area contributed by atoms with E-state index in [0.717, 1.165) is 26.8 Å². The zero-order valence-electron chi connectivity index (χ0n) is 15.4. The fourth-order valence-electron chi connectivity index (χ4n) is 2.86. The first kappa shape index (κ1) is 18.8. The van der Waals surface area contributed by atoms with Crippen LogP contribution in [0.25, 0.3) is 11.0 Å². The first-order valence-electron chi connectivity index (χ1n) is 8.83. The molecule has 4 aromatic rings. The predicted molar refractivity (Wildman–Crippen MR) is 115 cm³/mol. The van der Waals surface area contributed by atoms with Gasteiger partial charge in [0.05, 0.1) is 11.8 Å². The van der Waals surface area contributed by atoms with Crippen LogP contribution in [0.15, 0.2) is 53.4 Å². The van der Waals surface area contributed by atoms with Crippen LogP contribution in [-0.2, 0) is 6.42 Å². The Morgan fingerprint density at radius 1 is 1.18 bits per heavy atom. The molecule has 0 bridgehead atoms. The average molecular weight is 456 g/mol. The van der Waals surface area contributed by atoms with E-state index in [4.69, 9.17) is 0 Å². The molecule has 0 spiro atoms. The van der Waals surface area contributed by atoms with Crippen LogP contribution in [0.3, 0.4) is 0 Å². The maximum atomic E-state index is 12.6. The van der Waals surface area contributed by atoms with Crippen LogP contribution >= 0.6 is 27.3 Å². The summed E-state index contributed by atoms with van der Waals surface area (Å²) in [6.07, 6.45) is 5.90. The SMILES string of the molecule is CC(C)n1ncc2cc(C(=O)Nc3ncc(Cc4ccc(Br)cc4)s3)cnc21. The van der Waals surface area contributed by atoms with Gasteiger partial charge in [0.2, 0.25) is 0 Å². The summed E-state index contributed by atoms with van der Waals surface area (Å²) in [6, 6.07) is 10.2. The minimum absolute atomic E-state index is 0.212. The minimum Gasteiger partial charge on any atom is -0.298 e. The second-order valence-corrected chi connectivity index (χ2v) is 8.74. The molecule has 142 valence electrons. The van der Waals surface area contributed by atoms with Crippen molar-refractivity contribution >= 4 is 49.3 Å². The molecule has 0 radical (unpaired) electrons. The second kappa shape index (κ2) is 7.81. The lowest BCUT2D eigenvalue weighted by Gasteiger charge is -2.06. The maximum absolute atomic E-state index is 12.6. The summed E-state index contributed by atoms with van der Waals surface area (Å²) in [4.78, 5) is 22.4. The topological polar surface area (TPSA) is 72.7 Å². The van der Waals surface area contributed by atoms with Gasteiger partial charge in [0.25, 0.3) is 5.91 Å². The van der Waals surface area contributed by atoms with Crippen LogP contribution in [0.2, 0.25) is 0 Å². The normalized spacial score (nSPS) is 11.3. The third-order valence-corrected chi connectivity index (χ3v) is 5.69. The summed E-state index contributed by atoms with van der Waals surface area (Å²) in [5.74, 6) is -0.226. The van der Waals surface area contributed by atoms with E-state index < -0.39 is 0 Å². The summed E-state index contributed by atoms with van der Waals surface area (Å²) in [5.41, 5.74) is 2.46. The van der Waals surface area contributed by atoms with Gasteiger partial charge in [-0.05, 0) is 37.6 Å². The van der Waals surface area contributed by atoms with Crippen molar-refractivity contribution < 1.29 is 4.79 Å². The van der Waals surface area contributed by atoms with Crippen molar-refractivity contribution in [2.45, 2.75) is 26.3 Å². The highest BCUT2D eigenvalue weighted by atomic mass is 79.9. The number of amides is 1. The number of hydrogen-bond donors (Lipinski definition) is 1. The molecule has 3 heterocycles. The molecule has 3 aromatic heterocycles. The molecule has 0 atom stereocenters. The Kier molecular flexibility index (Phi) is 5.23. The first-order valence-corrected chi connectivity index (χ1v) is 10.4. The predicted octanol–water partition coefficient (Wildman–Crippen LogP) is 5.07. The number of hydrogen-bond acceptors (Lipinski definition) is 5. The number of rotatable bonds is 5. The van der Waals surface area contributed by atoms with Crippen molar-refractivity contribution in [2.24, 2.45) is 0 Å². The zero-order valence-corrected chi connectivity index (χ0v) is 17.8. The van der Waals surface area contributed by atoms with E-state index in [2.05, 4.69) is 48.4 Å². The van der Waals surface area contributed by atoms with Crippen molar-refractivity contribution in [3.63, 3.8) is 0 Å². The van der Waals surface area contributed by atoms with Gasteiger partial charge in [-0.2, -0.15) is 5.10 Å². The molecular formula is C20H18BrN5OS. The van der Waals surface area contributed by atoms with Crippen molar-refractivity contribution in [3.05, 3.63) is 69.4 Å². The van der Waals surface area contributed by atoms with Gasteiger partial charge >= 0.3 is 0 Å². The van der Waals surface area contributed by atoms with E-state index >= 15 is 0 Å². The smallest absolute Gasteiger partial charge is 0.259 e. The molecule has 0 aliphatic rings. The number of fused-ring (bicyclic) bond motifs is 1. The molecule has 0 saturated heterocycles. The Morgan fingerprint density at radius 2 is 1.96 bits per heavy atom. The summed E-state index contributed by atoms with van der Waals surface area (Å²) >= 11 is 4.91. The number of aromatic nitrogens is 4. The zero-order chi connectivity index (χ0) is 19.7. The number of thiazole rings is 1. The van der Waals surface area contributed by atoms with Crippen LogP contribution < -0.4 is 5.32 Å².